The molecule has 0 bridgehead atoms. The normalized spacial score (nSPS) is 11.2. The maximum Gasteiger partial charge on any atom is 0.338 e. The van der Waals surface area contributed by atoms with E-state index in [1.807, 2.05) is 0 Å². The van der Waals surface area contributed by atoms with E-state index in [4.69, 9.17) is 18.9 Å². The van der Waals surface area contributed by atoms with Crippen LogP contribution in [0.2, 0.25) is 0 Å². The van der Waals surface area contributed by atoms with Gasteiger partial charge in [0.25, 0.3) is 5.56 Å². The fourth-order valence-corrected chi connectivity index (χ4v) is 4.21. The highest BCUT2D eigenvalue weighted by Crippen LogP contribution is 2.38. The van der Waals surface area contributed by atoms with Crippen LogP contribution >= 0.6 is 0 Å². The smallest absolute Gasteiger partial charge is 0.338 e. The van der Waals surface area contributed by atoms with Crippen molar-refractivity contribution >= 4 is 17.1 Å². The zero-order chi connectivity index (χ0) is 27.1. The molecule has 0 spiro atoms. The summed E-state index contributed by atoms with van der Waals surface area (Å²) in [6.07, 6.45) is 2.42. The molecule has 0 unspecified atom stereocenters. The number of carbonyl (C=O) groups excluding carboxylic acids is 1. The summed E-state index contributed by atoms with van der Waals surface area (Å²) in [6.45, 7) is 7.32. The first-order chi connectivity index (χ1) is 17.8. The maximum absolute atomic E-state index is 13.3. The number of esters is 1. The number of imidazole rings is 1. The molecule has 0 fully saturated rings. The number of ether oxygens (including phenoxy) is 4. The van der Waals surface area contributed by atoms with Crippen molar-refractivity contribution < 1.29 is 23.7 Å². The summed E-state index contributed by atoms with van der Waals surface area (Å²) in [5.74, 6) is 0.294. The topological polar surface area (TPSA) is 119 Å². The SMILES string of the molecule is CCN(CC)CCCn1cnc2c1c(=O)n(CCOC(=O)c1cc(OC)c(OC)c(OC)c1)c(=O)n2C. The molecular formula is C25H35N5O7. The van der Waals surface area contributed by atoms with Gasteiger partial charge in [-0.2, -0.15) is 0 Å². The van der Waals surface area contributed by atoms with Crippen LogP contribution in [0.3, 0.4) is 0 Å². The molecule has 2 aromatic heterocycles. The van der Waals surface area contributed by atoms with Gasteiger partial charge in [-0.3, -0.25) is 13.9 Å². The van der Waals surface area contributed by atoms with Gasteiger partial charge in [-0.25, -0.2) is 14.6 Å². The van der Waals surface area contributed by atoms with Crippen LogP contribution in [0.5, 0.6) is 17.2 Å². The minimum atomic E-state index is -0.661. The first kappa shape index (κ1) is 27.8. The predicted octanol–water partition coefficient (Wildman–Crippen LogP) is 1.51. The van der Waals surface area contributed by atoms with Crippen LogP contribution in [0.25, 0.3) is 11.2 Å². The molecule has 0 N–H and O–H groups in total. The Labute approximate surface area is 214 Å². The summed E-state index contributed by atoms with van der Waals surface area (Å²) in [7, 11) is 5.92. The fraction of sp³-hybridized carbons (Fsp3) is 0.520. The van der Waals surface area contributed by atoms with E-state index >= 15 is 0 Å². The Morgan fingerprint density at radius 1 is 1.00 bits per heavy atom. The van der Waals surface area contributed by atoms with Crippen molar-refractivity contribution in [3.05, 3.63) is 44.9 Å². The van der Waals surface area contributed by atoms with Crippen LogP contribution in [0, 0.1) is 0 Å². The lowest BCUT2D eigenvalue weighted by atomic mass is 10.2. The Morgan fingerprint density at radius 3 is 2.22 bits per heavy atom. The number of nitrogens with zero attached hydrogens (tertiary/aromatic N) is 5. The third-order valence-corrected chi connectivity index (χ3v) is 6.32. The number of aryl methyl sites for hydroxylation is 2. The Morgan fingerprint density at radius 2 is 1.65 bits per heavy atom. The van der Waals surface area contributed by atoms with Crippen LogP contribution in [0.15, 0.2) is 28.0 Å². The van der Waals surface area contributed by atoms with Gasteiger partial charge in [-0.05, 0) is 38.2 Å². The summed E-state index contributed by atoms with van der Waals surface area (Å²) in [5.41, 5.74) is -0.158. The third kappa shape index (κ3) is 5.79. The average molecular weight is 518 g/mol. The van der Waals surface area contributed by atoms with E-state index < -0.39 is 17.2 Å². The Balaban J connectivity index is 1.79. The number of hydrogen-bond donors (Lipinski definition) is 0. The van der Waals surface area contributed by atoms with Gasteiger partial charge in [0, 0.05) is 13.6 Å². The first-order valence-corrected chi connectivity index (χ1v) is 12.1. The fourth-order valence-electron chi connectivity index (χ4n) is 4.21. The van der Waals surface area contributed by atoms with Gasteiger partial charge >= 0.3 is 11.7 Å². The summed E-state index contributed by atoms with van der Waals surface area (Å²) in [4.78, 5) is 45.4. The molecule has 0 saturated carbocycles. The van der Waals surface area contributed by atoms with Crippen LogP contribution in [0.1, 0.15) is 30.6 Å². The lowest BCUT2D eigenvalue weighted by Crippen LogP contribution is -2.40. The Bertz CT molecular complexity index is 1330. The molecular weight excluding hydrogens is 482 g/mol. The number of fused-ring (bicyclic) bond motifs is 1. The summed E-state index contributed by atoms with van der Waals surface area (Å²) < 4.78 is 25.4. The van der Waals surface area contributed by atoms with Crippen LogP contribution in [0.4, 0.5) is 0 Å². The van der Waals surface area contributed by atoms with Crippen molar-refractivity contribution in [1.82, 2.24) is 23.6 Å². The van der Waals surface area contributed by atoms with Gasteiger partial charge in [-0.1, -0.05) is 13.8 Å². The van der Waals surface area contributed by atoms with E-state index in [9.17, 15) is 14.4 Å². The van der Waals surface area contributed by atoms with Gasteiger partial charge in [0.1, 0.15) is 6.61 Å². The highest BCUT2D eigenvalue weighted by Gasteiger charge is 2.19. The first-order valence-electron chi connectivity index (χ1n) is 12.1. The van der Waals surface area contributed by atoms with Crippen LogP contribution in [-0.2, 0) is 24.9 Å². The van der Waals surface area contributed by atoms with E-state index in [1.165, 1.54) is 38.0 Å². The third-order valence-electron chi connectivity index (χ3n) is 6.32. The second-order valence-electron chi connectivity index (χ2n) is 8.34. The monoisotopic (exact) mass is 517 g/mol. The van der Waals surface area contributed by atoms with E-state index in [1.54, 1.807) is 17.9 Å². The van der Waals surface area contributed by atoms with Crippen molar-refractivity contribution in [2.75, 3.05) is 47.6 Å². The minimum absolute atomic E-state index is 0.109. The lowest BCUT2D eigenvalue weighted by molar-refractivity contribution is 0.0487. The quantitative estimate of drug-likeness (QED) is 0.311. The van der Waals surface area contributed by atoms with Crippen molar-refractivity contribution in [2.24, 2.45) is 7.05 Å². The summed E-state index contributed by atoms with van der Waals surface area (Å²) in [5, 5.41) is 0. The molecule has 0 aliphatic heterocycles. The second-order valence-corrected chi connectivity index (χ2v) is 8.34. The number of aromatic nitrogens is 4. The van der Waals surface area contributed by atoms with E-state index in [0.29, 0.717) is 35.0 Å². The molecule has 3 aromatic rings. The molecule has 0 aliphatic carbocycles. The number of methoxy groups -OCH3 is 3. The van der Waals surface area contributed by atoms with E-state index in [-0.39, 0.29) is 18.7 Å². The van der Waals surface area contributed by atoms with E-state index in [2.05, 4.69) is 23.7 Å². The molecule has 0 saturated heterocycles. The molecule has 0 atom stereocenters. The molecule has 12 nitrogen and oxygen atoms in total. The zero-order valence-electron chi connectivity index (χ0n) is 22.3. The lowest BCUT2D eigenvalue weighted by Gasteiger charge is -2.17. The Hall–Kier alpha value is -3.80. The largest absolute Gasteiger partial charge is 0.493 e. The van der Waals surface area contributed by atoms with Gasteiger partial charge in [-0.15, -0.1) is 0 Å². The van der Waals surface area contributed by atoms with Crippen molar-refractivity contribution in [3.63, 3.8) is 0 Å². The van der Waals surface area contributed by atoms with Crippen molar-refractivity contribution in [2.45, 2.75) is 33.4 Å². The van der Waals surface area contributed by atoms with Gasteiger partial charge in [0.15, 0.2) is 22.7 Å². The minimum Gasteiger partial charge on any atom is -0.493 e. The van der Waals surface area contributed by atoms with Crippen LogP contribution in [-0.4, -0.2) is 77.1 Å². The molecule has 0 aliphatic rings. The average Bonchev–Trinajstić information content (AvgIpc) is 3.34. The molecule has 37 heavy (non-hydrogen) atoms. The standard InChI is InChI=1S/C25H35N5O7/c1-7-28(8-2)10-9-11-29-16-26-22-20(29)23(31)30(25(33)27(22)3)12-13-37-24(32)17-14-18(34-4)21(36-6)19(15-17)35-5/h14-16H,7-13H2,1-6H3. The zero-order valence-corrected chi connectivity index (χ0v) is 22.3. The molecule has 202 valence electrons. The van der Waals surface area contributed by atoms with Crippen LogP contribution < -0.4 is 25.5 Å². The van der Waals surface area contributed by atoms with Crippen molar-refractivity contribution in [3.8, 4) is 17.2 Å². The molecule has 1 aromatic carbocycles. The second kappa shape index (κ2) is 12.4. The molecule has 3 rings (SSSR count). The Kier molecular flexibility index (Phi) is 9.34. The number of carbonyl (C=O) groups is 1. The van der Waals surface area contributed by atoms with Gasteiger partial charge < -0.3 is 28.4 Å². The number of benzene rings is 1. The summed E-state index contributed by atoms with van der Waals surface area (Å²) in [6, 6.07) is 2.94. The van der Waals surface area contributed by atoms with Gasteiger partial charge in [0.2, 0.25) is 5.75 Å². The molecule has 12 heteroatoms. The van der Waals surface area contributed by atoms with Crippen molar-refractivity contribution in [1.29, 1.82) is 0 Å². The summed E-state index contributed by atoms with van der Waals surface area (Å²) >= 11 is 0. The molecule has 0 amide bonds. The highest BCUT2D eigenvalue weighted by atomic mass is 16.5. The van der Waals surface area contributed by atoms with Gasteiger partial charge in [0.05, 0.1) is 39.8 Å². The number of rotatable bonds is 13. The maximum atomic E-state index is 13.3. The van der Waals surface area contributed by atoms with E-state index in [0.717, 1.165) is 30.6 Å². The highest BCUT2D eigenvalue weighted by molar-refractivity contribution is 5.91. The molecule has 2 heterocycles. The number of hydrogen-bond acceptors (Lipinski definition) is 9. The molecule has 0 radical (unpaired) electrons. The predicted molar refractivity (Wildman–Crippen MR) is 138 cm³/mol.